The van der Waals surface area contributed by atoms with E-state index in [0.717, 1.165) is 11.9 Å². The van der Waals surface area contributed by atoms with Crippen LogP contribution in [0.2, 0.25) is 0 Å². The lowest BCUT2D eigenvalue weighted by molar-refractivity contribution is 0.502. The molecule has 0 aliphatic rings. The van der Waals surface area contributed by atoms with Crippen molar-refractivity contribution in [1.82, 2.24) is 4.57 Å². The van der Waals surface area contributed by atoms with Gasteiger partial charge in [0.25, 0.3) is 0 Å². The van der Waals surface area contributed by atoms with Crippen molar-refractivity contribution in [2.24, 2.45) is 0 Å². The molecule has 1 aromatic carbocycles. The fraction of sp³-hybridized carbons (Fsp3) is 0.300. The van der Waals surface area contributed by atoms with Crippen LogP contribution >= 0.6 is 0 Å². The second kappa shape index (κ2) is 3.21. The van der Waals surface area contributed by atoms with Crippen molar-refractivity contribution in [2.75, 3.05) is 5.73 Å². The number of hydrogen-bond acceptors (Lipinski definition) is 3. The smallest absolute Gasteiger partial charge is 0.408 e. The SMILES string of the molecule is CCCn1c(=O)oc2ccc(N)cc21. The molecule has 2 rings (SSSR count). The van der Waals surface area contributed by atoms with Crippen LogP contribution in [-0.2, 0) is 6.54 Å². The minimum atomic E-state index is -0.313. The average Bonchev–Trinajstić information content (AvgIpc) is 2.45. The van der Waals surface area contributed by atoms with Crippen LogP contribution in [0.3, 0.4) is 0 Å². The molecule has 0 bridgehead atoms. The predicted molar refractivity (Wildman–Crippen MR) is 55.2 cm³/mol. The van der Waals surface area contributed by atoms with Gasteiger partial charge in [0.15, 0.2) is 5.58 Å². The van der Waals surface area contributed by atoms with Gasteiger partial charge in [-0.25, -0.2) is 4.79 Å². The maximum absolute atomic E-state index is 11.4. The molecule has 14 heavy (non-hydrogen) atoms. The Morgan fingerprint density at radius 2 is 2.29 bits per heavy atom. The maximum atomic E-state index is 11.4. The van der Waals surface area contributed by atoms with Crippen LogP contribution in [0, 0.1) is 0 Å². The van der Waals surface area contributed by atoms with Crippen molar-refractivity contribution < 1.29 is 4.42 Å². The molecule has 0 atom stereocenters. The van der Waals surface area contributed by atoms with Crippen LogP contribution in [0.4, 0.5) is 5.69 Å². The van der Waals surface area contributed by atoms with Gasteiger partial charge in [0.1, 0.15) is 0 Å². The number of oxazole rings is 1. The summed E-state index contributed by atoms with van der Waals surface area (Å²) in [6.45, 7) is 2.67. The van der Waals surface area contributed by atoms with Crippen molar-refractivity contribution in [3.8, 4) is 0 Å². The van der Waals surface area contributed by atoms with Gasteiger partial charge in [0, 0.05) is 12.2 Å². The van der Waals surface area contributed by atoms with Gasteiger partial charge in [0.2, 0.25) is 0 Å². The molecule has 0 saturated carbocycles. The fourth-order valence-electron chi connectivity index (χ4n) is 1.51. The van der Waals surface area contributed by atoms with E-state index in [1.807, 2.05) is 6.92 Å². The summed E-state index contributed by atoms with van der Waals surface area (Å²) in [6.07, 6.45) is 0.892. The summed E-state index contributed by atoms with van der Waals surface area (Å²) in [7, 11) is 0. The topological polar surface area (TPSA) is 61.2 Å². The zero-order valence-electron chi connectivity index (χ0n) is 7.99. The van der Waals surface area contributed by atoms with Crippen LogP contribution in [0.15, 0.2) is 27.4 Å². The number of anilines is 1. The molecular formula is C10H12N2O2. The highest BCUT2D eigenvalue weighted by Crippen LogP contribution is 2.16. The van der Waals surface area contributed by atoms with Crippen molar-refractivity contribution in [3.63, 3.8) is 0 Å². The monoisotopic (exact) mass is 192 g/mol. The summed E-state index contributed by atoms with van der Waals surface area (Å²) in [5, 5.41) is 0. The number of hydrogen-bond donors (Lipinski definition) is 1. The van der Waals surface area contributed by atoms with Gasteiger partial charge in [-0.05, 0) is 24.6 Å². The molecule has 0 aliphatic carbocycles. The van der Waals surface area contributed by atoms with Gasteiger partial charge < -0.3 is 10.2 Å². The quantitative estimate of drug-likeness (QED) is 0.735. The van der Waals surface area contributed by atoms with Gasteiger partial charge in [-0.2, -0.15) is 0 Å². The molecule has 2 N–H and O–H groups in total. The first-order valence-electron chi connectivity index (χ1n) is 4.61. The lowest BCUT2D eigenvalue weighted by atomic mass is 10.3. The van der Waals surface area contributed by atoms with E-state index in [0.29, 0.717) is 17.8 Å². The van der Waals surface area contributed by atoms with Crippen molar-refractivity contribution in [3.05, 3.63) is 28.7 Å². The Kier molecular flexibility index (Phi) is 2.04. The highest BCUT2D eigenvalue weighted by atomic mass is 16.4. The average molecular weight is 192 g/mol. The number of nitrogen functional groups attached to an aromatic ring is 1. The highest BCUT2D eigenvalue weighted by molar-refractivity contribution is 5.76. The molecule has 0 amide bonds. The van der Waals surface area contributed by atoms with Crippen LogP contribution in [0.1, 0.15) is 13.3 Å². The van der Waals surface area contributed by atoms with Gasteiger partial charge in [0.05, 0.1) is 5.52 Å². The summed E-state index contributed by atoms with van der Waals surface area (Å²) in [5.41, 5.74) is 7.65. The van der Waals surface area contributed by atoms with E-state index in [1.54, 1.807) is 22.8 Å². The summed E-state index contributed by atoms with van der Waals surface area (Å²) < 4.78 is 6.66. The lowest BCUT2D eigenvalue weighted by Crippen LogP contribution is -2.13. The zero-order valence-corrected chi connectivity index (χ0v) is 7.99. The normalized spacial score (nSPS) is 10.9. The van der Waals surface area contributed by atoms with E-state index in [2.05, 4.69) is 0 Å². The summed E-state index contributed by atoms with van der Waals surface area (Å²) in [4.78, 5) is 11.4. The molecule has 0 radical (unpaired) electrons. The fourth-order valence-corrected chi connectivity index (χ4v) is 1.51. The number of aryl methyl sites for hydroxylation is 1. The first-order chi connectivity index (χ1) is 6.72. The Morgan fingerprint density at radius 1 is 1.50 bits per heavy atom. The maximum Gasteiger partial charge on any atom is 0.419 e. The molecule has 0 aliphatic heterocycles. The largest absolute Gasteiger partial charge is 0.419 e. The van der Waals surface area contributed by atoms with Crippen LogP contribution in [0.25, 0.3) is 11.1 Å². The Balaban J connectivity index is 2.73. The van der Waals surface area contributed by atoms with E-state index >= 15 is 0 Å². The number of rotatable bonds is 2. The molecule has 0 spiro atoms. The standard InChI is InChI=1S/C10H12N2O2/c1-2-5-12-8-6-7(11)3-4-9(8)14-10(12)13/h3-4,6H,2,5,11H2,1H3. The van der Waals surface area contributed by atoms with Gasteiger partial charge >= 0.3 is 5.76 Å². The second-order valence-corrected chi connectivity index (χ2v) is 3.25. The molecular weight excluding hydrogens is 180 g/mol. The lowest BCUT2D eigenvalue weighted by Gasteiger charge is -1.98. The molecule has 74 valence electrons. The van der Waals surface area contributed by atoms with Crippen molar-refractivity contribution in [2.45, 2.75) is 19.9 Å². The van der Waals surface area contributed by atoms with E-state index in [-0.39, 0.29) is 5.76 Å². The number of nitrogens with two attached hydrogens (primary N) is 1. The molecule has 0 unspecified atom stereocenters. The molecule has 1 aromatic heterocycles. The molecule has 1 heterocycles. The molecule has 0 fully saturated rings. The molecule has 2 aromatic rings. The number of benzene rings is 1. The second-order valence-electron chi connectivity index (χ2n) is 3.25. The van der Waals surface area contributed by atoms with Crippen LogP contribution < -0.4 is 11.5 Å². The molecule has 0 saturated heterocycles. The predicted octanol–water partition coefficient (Wildman–Crippen LogP) is 1.59. The zero-order chi connectivity index (χ0) is 10.1. The Bertz CT molecular complexity index is 510. The van der Waals surface area contributed by atoms with Crippen LogP contribution in [0.5, 0.6) is 0 Å². The Hall–Kier alpha value is -1.71. The summed E-state index contributed by atoms with van der Waals surface area (Å²) in [5.74, 6) is -0.313. The third-order valence-corrected chi connectivity index (χ3v) is 2.14. The Morgan fingerprint density at radius 3 is 3.00 bits per heavy atom. The number of nitrogens with zero attached hydrogens (tertiary/aromatic N) is 1. The van der Waals surface area contributed by atoms with E-state index in [9.17, 15) is 4.79 Å². The third kappa shape index (κ3) is 1.28. The number of fused-ring (bicyclic) bond motifs is 1. The van der Waals surface area contributed by atoms with Crippen molar-refractivity contribution >= 4 is 16.8 Å². The van der Waals surface area contributed by atoms with Crippen molar-refractivity contribution in [1.29, 1.82) is 0 Å². The Labute approximate surface area is 80.9 Å². The van der Waals surface area contributed by atoms with Gasteiger partial charge in [-0.3, -0.25) is 4.57 Å². The highest BCUT2D eigenvalue weighted by Gasteiger charge is 2.07. The van der Waals surface area contributed by atoms with Gasteiger partial charge in [-0.15, -0.1) is 0 Å². The van der Waals surface area contributed by atoms with E-state index < -0.39 is 0 Å². The number of aromatic nitrogens is 1. The minimum absolute atomic E-state index is 0.313. The third-order valence-electron chi connectivity index (χ3n) is 2.14. The van der Waals surface area contributed by atoms with Gasteiger partial charge in [-0.1, -0.05) is 6.92 Å². The molecule has 4 heteroatoms. The summed E-state index contributed by atoms with van der Waals surface area (Å²) >= 11 is 0. The van der Waals surface area contributed by atoms with E-state index in [4.69, 9.17) is 10.2 Å². The first kappa shape index (κ1) is 8.87. The minimum Gasteiger partial charge on any atom is -0.408 e. The van der Waals surface area contributed by atoms with E-state index in [1.165, 1.54) is 0 Å². The first-order valence-corrected chi connectivity index (χ1v) is 4.61. The molecule has 4 nitrogen and oxygen atoms in total. The summed E-state index contributed by atoms with van der Waals surface area (Å²) in [6, 6.07) is 5.20. The van der Waals surface area contributed by atoms with Crippen LogP contribution in [-0.4, -0.2) is 4.57 Å².